The third-order valence-electron chi connectivity index (χ3n) is 4.73. The van der Waals surface area contributed by atoms with Gasteiger partial charge in [-0.15, -0.1) is 0 Å². The Kier molecular flexibility index (Phi) is 5.01. The number of carbonyl (C=O) groups excluding carboxylic acids is 2. The summed E-state index contributed by atoms with van der Waals surface area (Å²) in [5, 5.41) is 2.89. The van der Waals surface area contributed by atoms with E-state index in [0.29, 0.717) is 48.9 Å². The zero-order valence-electron chi connectivity index (χ0n) is 14.6. The first kappa shape index (κ1) is 17.4. The largest absolute Gasteiger partial charge is 0.493 e. The van der Waals surface area contributed by atoms with Crippen LogP contribution >= 0.6 is 0 Å². The van der Waals surface area contributed by atoms with Crippen LogP contribution in [0.3, 0.4) is 0 Å². The number of hydrogen-bond acceptors (Lipinski definition) is 6. The van der Waals surface area contributed by atoms with Crippen molar-refractivity contribution in [1.82, 2.24) is 5.32 Å². The minimum absolute atomic E-state index is 0.356. The zero-order valence-corrected chi connectivity index (χ0v) is 14.6. The van der Waals surface area contributed by atoms with Crippen LogP contribution in [0.15, 0.2) is 12.1 Å². The van der Waals surface area contributed by atoms with Crippen LogP contribution in [0, 0.1) is 0 Å². The molecule has 1 aromatic rings. The lowest BCUT2D eigenvalue weighted by Gasteiger charge is -2.35. The average molecular weight is 349 g/mol. The van der Waals surface area contributed by atoms with E-state index < -0.39 is 11.5 Å². The molecule has 0 saturated heterocycles. The van der Waals surface area contributed by atoms with Crippen molar-refractivity contribution in [3.63, 3.8) is 0 Å². The molecular formula is C18H23NO6. The Morgan fingerprint density at radius 1 is 1.08 bits per heavy atom. The standard InChI is InChI=1S/C18H23NO6/c1-22-13-10-12(11-14-15(13)25-9-8-24-14)16(20)19-18(17(21)23-2)6-4-3-5-7-18/h10-11H,3-9H2,1-2H3,(H,19,20). The third kappa shape index (κ3) is 3.36. The molecule has 2 aliphatic rings. The van der Waals surface area contributed by atoms with Gasteiger partial charge in [0.25, 0.3) is 5.91 Å². The van der Waals surface area contributed by atoms with Gasteiger partial charge in [-0.2, -0.15) is 0 Å². The van der Waals surface area contributed by atoms with Gasteiger partial charge in [0.1, 0.15) is 18.8 Å². The van der Waals surface area contributed by atoms with Crippen LogP contribution < -0.4 is 19.5 Å². The number of esters is 1. The van der Waals surface area contributed by atoms with E-state index in [1.807, 2.05) is 0 Å². The van der Waals surface area contributed by atoms with Crippen molar-refractivity contribution in [3.8, 4) is 17.2 Å². The predicted octanol–water partition coefficient (Wildman–Crippen LogP) is 2.07. The first-order valence-corrected chi connectivity index (χ1v) is 8.48. The van der Waals surface area contributed by atoms with Gasteiger partial charge in [-0.25, -0.2) is 4.79 Å². The van der Waals surface area contributed by atoms with Crippen molar-refractivity contribution in [2.24, 2.45) is 0 Å². The number of ether oxygens (including phenoxy) is 4. The summed E-state index contributed by atoms with van der Waals surface area (Å²) in [5.41, 5.74) is -0.611. The highest BCUT2D eigenvalue weighted by molar-refractivity contribution is 5.99. The molecule has 1 heterocycles. The third-order valence-corrected chi connectivity index (χ3v) is 4.73. The number of fused-ring (bicyclic) bond motifs is 1. The minimum atomic E-state index is -0.968. The van der Waals surface area contributed by atoms with Gasteiger partial charge in [0.15, 0.2) is 11.5 Å². The van der Waals surface area contributed by atoms with E-state index >= 15 is 0 Å². The van der Waals surface area contributed by atoms with Crippen LogP contribution in [0.1, 0.15) is 42.5 Å². The summed E-state index contributed by atoms with van der Waals surface area (Å²) >= 11 is 0. The van der Waals surface area contributed by atoms with Gasteiger partial charge >= 0.3 is 5.97 Å². The van der Waals surface area contributed by atoms with E-state index in [4.69, 9.17) is 18.9 Å². The average Bonchev–Trinajstić information content (AvgIpc) is 2.67. The van der Waals surface area contributed by atoms with E-state index in [-0.39, 0.29) is 5.91 Å². The Labute approximate surface area is 146 Å². The van der Waals surface area contributed by atoms with Crippen molar-refractivity contribution < 1.29 is 28.5 Å². The molecule has 0 aromatic heterocycles. The van der Waals surface area contributed by atoms with Crippen LogP contribution in [-0.4, -0.2) is 44.8 Å². The second kappa shape index (κ2) is 7.21. The fourth-order valence-electron chi connectivity index (χ4n) is 3.42. The van der Waals surface area contributed by atoms with Crippen LogP contribution in [0.25, 0.3) is 0 Å². The number of carbonyl (C=O) groups is 2. The molecule has 0 bridgehead atoms. The SMILES string of the molecule is COC(=O)C1(NC(=O)c2cc(OC)c3c(c2)OCCO3)CCCCC1. The van der Waals surface area contributed by atoms with E-state index in [1.54, 1.807) is 12.1 Å². The Bertz CT molecular complexity index is 649. The number of methoxy groups -OCH3 is 2. The Morgan fingerprint density at radius 3 is 2.48 bits per heavy atom. The van der Waals surface area contributed by atoms with E-state index in [1.165, 1.54) is 14.2 Å². The summed E-state index contributed by atoms with van der Waals surface area (Å²) in [5.74, 6) is 0.628. The molecule has 0 atom stereocenters. The van der Waals surface area contributed by atoms with Gasteiger partial charge in [0.05, 0.1) is 14.2 Å². The highest BCUT2D eigenvalue weighted by Gasteiger charge is 2.42. The molecule has 1 amide bonds. The van der Waals surface area contributed by atoms with E-state index in [2.05, 4.69) is 5.32 Å². The lowest BCUT2D eigenvalue weighted by atomic mass is 9.81. The molecule has 1 saturated carbocycles. The van der Waals surface area contributed by atoms with Crippen molar-refractivity contribution in [1.29, 1.82) is 0 Å². The number of nitrogens with one attached hydrogen (secondary N) is 1. The molecule has 0 unspecified atom stereocenters. The fraction of sp³-hybridized carbons (Fsp3) is 0.556. The number of amides is 1. The quantitative estimate of drug-likeness (QED) is 0.838. The maximum Gasteiger partial charge on any atom is 0.331 e. The number of benzene rings is 1. The monoisotopic (exact) mass is 349 g/mol. The molecule has 1 N–H and O–H groups in total. The highest BCUT2D eigenvalue weighted by atomic mass is 16.6. The molecule has 1 aliphatic carbocycles. The van der Waals surface area contributed by atoms with Crippen molar-refractivity contribution in [2.45, 2.75) is 37.6 Å². The molecule has 0 spiro atoms. The van der Waals surface area contributed by atoms with Crippen LogP contribution in [0.4, 0.5) is 0 Å². The van der Waals surface area contributed by atoms with Gasteiger partial charge in [-0.1, -0.05) is 19.3 Å². The normalized spacial score (nSPS) is 18.2. The number of rotatable bonds is 4. The maximum absolute atomic E-state index is 12.8. The van der Waals surface area contributed by atoms with Gasteiger partial charge in [-0.05, 0) is 25.0 Å². The Morgan fingerprint density at radius 2 is 1.80 bits per heavy atom. The summed E-state index contributed by atoms with van der Waals surface area (Å²) < 4.78 is 21.4. The predicted molar refractivity (Wildman–Crippen MR) is 89.3 cm³/mol. The van der Waals surface area contributed by atoms with Crippen molar-refractivity contribution >= 4 is 11.9 Å². The fourth-order valence-corrected chi connectivity index (χ4v) is 3.42. The lowest BCUT2D eigenvalue weighted by Crippen LogP contribution is -2.56. The second-order valence-corrected chi connectivity index (χ2v) is 6.29. The minimum Gasteiger partial charge on any atom is -0.493 e. The molecule has 1 fully saturated rings. The van der Waals surface area contributed by atoms with E-state index in [9.17, 15) is 9.59 Å². The summed E-state index contributed by atoms with van der Waals surface area (Å²) in [7, 11) is 2.85. The molecule has 1 aromatic carbocycles. The van der Waals surface area contributed by atoms with Crippen molar-refractivity contribution in [3.05, 3.63) is 17.7 Å². The first-order chi connectivity index (χ1) is 12.1. The number of hydrogen-bond donors (Lipinski definition) is 1. The van der Waals surface area contributed by atoms with Crippen molar-refractivity contribution in [2.75, 3.05) is 27.4 Å². The maximum atomic E-state index is 12.8. The molecular weight excluding hydrogens is 326 g/mol. The van der Waals surface area contributed by atoms with Gasteiger partial charge in [-0.3, -0.25) is 4.79 Å². The first-order valence-electron chi connectivity index (χ1n) is 8.48. The zero-order chi connectivity index (χ0) is 17.9. The molecule has 0 radical (unpaired) electrons. The van der Waals surface area contributed by atoms with Crippen LogP contribution in [0.2, 0.25) is 0 Å². The topological polar surface area (TPSA) is 83.1 Å². The smallest absolute Gasteiger partial charge is 0.331 e. The summed E-state index contributed by atoms with van der Waals surface area (Å²) in [6.07, 6.45) is 3.95. The summed E-state index contributed by atoms with van der Waals surface area (Å²) in [4.78, 5) is 25.1. The Balaban J connectivity index is 1.88. The summed E-state index contributed by atoms with van der Waals surface area (Å²) in [6, 6.07) is 3.21. The van der Waals surface area contributed by atoms with Crippen LogP contribution in [0.5, 0.6) is 17.2 Å². The lowest BCUT2D eigenvalue weighted by molar-refractivity contribution is -0.149. The summed E-state index contributed by atoms with van der Waals surface area (Å²) in [6.45, 7) is 0.841. The van der Waals surface area contributed by atoms with Gasteiger partial charge in [0.2, 0.25) is 5.75 Å². The molecule has 7 heteroatoms. The Hall–Kier alpha value is -2.44. The van der Waals surface area contributed by atoms with Crippen LogP contribution in [-0.2, 0) is 9.53 Å². The molecule has 3 rings (SSSR count). The molecule has 1 aliphatic heterocycles. The molecule has 136 valence electrons. The second-order valence-electron chi connectivity index (χ2n) is 6.29. The van der Waals surface area contributed by atoms with E-state index in [0.717, 1.165) is 19.3 Å². The van der Waals surface area contributed by atoms with Gasteiger partial charge in [0, 0.05) is 5.56 Å². The molecule has 7 nitrogen and oxygen atoms in total. The highest BCUT2D eigenvalue weighted by Crippen LogP contribution is 2.40. The van der Waals surface area contributed by atoms with Gasteiger partial charge < -0.3 is 24.3 Å². The molecule has 25 heavy (non-hydrogen) atoms.